The second kappa shape index (κ2) is 9.30. The smallest absolute Gasteiger partial charge is 0.244 e. The Hall–Kier alpha value is -2.25. The molecule has 2 rings (SSSR count). The molecule has 0 bridgehead atoms. The Balaban J connectivity index is 2.35. The molecule has 0 aromatic heterocycles. The predicted molar refractivity (Wildman–Crippen MR) is 112 cm³/mol. The van der Waals surface area contributed by atoms with E-state index in [0.29, 0.717) is 17.9 Å². The number of nitrogens with one attached hydrogen (secondary N) is 1. The number of methoxy groups -OCH3 is 1. The van der Waals surface area contributed by atoms with E-state index >= 15 is 0 Å². The van der Waals surface area contributed by atoms with Gasteiger partial charge in [0.05, 0.1) is 30.1 Å². The minimum atomic E-state index is -3.74. The van der Waals surface area contributed by atoms with Crippen LogP contribution in [-0.2, 0) is 14.8 Å². The Morgan fingerprint density at radius 2 is 1.86 bits per heavy atom. The number of ether oxygens (including phenoxy) is 1. The van der Waals surface area contributed by atoms with Crippen LogP contribution in [0, 0.1) is 0 Å². The summed E-state index contributed by atoms with van der Waals surface area (Å²) in [6.45, 7) is 3.62. The average Bonchev–Trinajstić information content (AvgIpc) is 2.65. The lowest BCUT2D eigenvalue weighted by molar-refractivity contribution is -0.122. The highest BCUT2D eigenvalue weighted by atomic mass is 35.5. The maximum atomic E-state index is 13.0. The highest BCUT2D eigenvalue weighted by Crippen LogP contribution is 2.32. The van der Waals surface area contributed by atoms with E-state index in [1.807, 2.05) is 37.3 Å². The summed E-state index contributed by atoms with van der Waals surface area (Å²) < 4.78 is 31.3. The van der Waals surface area contributed by atoms with Crippen LogP contribution in [0.3, 0.4) is 0 Å². The van der Waals surface area contributed by atoms with E-state index in [1.54, 1.807) is 19.1 Å². The van der Waals surface area contributed by atoms with Crippen molar-refractivity contribution >= 4 is 33.2 Å². The molecule has 152 valence electrons. The van der Waals surface area contributed by atoms with Gasteiger partial charge < -0.3 is 10.1 Å². The van der Waals surface area contributed by atoms with Crippen molar-refractivity contribution in [1.29, 1.82) is 0 Å². The van der Waals surface area contributed by atoms with Crippen molar-refractivity contribution in [2.24, 2.45) is 0 Å². The molecular weight excluding hydrogens is 400 g/mol. The summed E-state index contributed by atoms with van der Waals surface area (Å²) >= 11 is 6.17. The molecule has 2 atom stereocenters. The van der Waals surface area contributed by atoms with Gasteiger partial charge in [-0.25, -0.2) is 8.42 Å². The highest BCUT2D eigenvalue weighted by molar-refractivity contribution is 7.92. The van der Waals surface area contributed by atoms with Crippen molar-refractivity contribution in [3.8, 4) is 5.75 Å². The molecule has 0 aliphatic rings. The van der Waals surface area contributed by atoms with Crippen molar-refractivity contribution in [3.05, 3.63) is 59.1 Å². The van der Waals surface area contributed by atoms with E-state index in [0.717, 1.165) is 16.1 Å². The van der Waals surface area contributed by atoms with Crippen LogP contribution in [0.4, 0.5) is 5.69 Å². The van der Waals surface area contributed by atoms with Gasteiger partial charge in [0, 0.05) is 0 Å². The fourth-order valence-electron chi connectivity index (χ4n) is 2.99. The van der Waals surface area contributed by atoms with Crippen LogP contribution < -0.4 is 14.4 Å². The molecule has 8 heteroatoms. The largest absolute Gasteiger partial charge is 0.495 e. The second-order valence-electron chi connectivity index (χ2n) is 6.44. The van der Waals surface area contributed by atoms with Crippen LogP contribution in [-0.4, -0.2) is 33.7 Å². The summed E-state index contributed by atoms with van der Waals surface area (Å²) in [6, 6.07) is 12.9. The maximum absolute atomic E-state index is 13.0. The lowest BCUT2D eigenvalue weighted by atomic mass is 10.1. The van der Waals surface area contributed by atoms with Crippen LogP contribution in [0.5, 0.6) is 5.75 Å². The van der Waals surface area contributed by atoms with Crippen LogP contribution in [0.1, 0.15) is 31.9 Å². The minimum absolute atomic E-state index is 0.261. The van der Waals surface area contributed by atoms with Crippen LogP contribution >= 0.6 is 11.6 Å². The summed E-state index contributed by atoms with van der Waals surface area (Å²) in [5, 5.41) is 3.17. The summed E-state index contributed by atoms with van der Waals surface area (Å²) in [6.07, 6.45) is 1.37. The molecule has 0 radical (unpaired) electrons. The zero-order chi connectivity index (χ0) is 20.9. The van der Waals surface area contributed by atoms with Crippen molar-refractivity contribution in [1.82, 2.24) is 5.32 Å². The number of hydrogen-bond donors (Lipinski definition) is 1. The molecule has 2 aromatic carbocycles. The number of amides is 1. The molecule has 1 N–H and O–H groups in total. The molecule has 28 heavy (non-hydrogen) atoms. The molecule has 2 aromatic rings. The maximum Gasteiger partial charge on any atom is 0.244 e. The third-order valence-corrected chi connectivity index (χ3v) is 5.85. The predicted octanol–water partition coefficient (Wildman–Crippen LogP) is 3.77. The Labute approximate surface area is 171 Å². The molecule has 0 aliphatic heterocycles. The normalized spacial score (nSPS) is 13.5. The van der Waals surface area contributed by atoms with Gasteiger partial charge in [0.25, 0.3) is 0 Å². The number of hydrogen-bond acceptors (Lipinski definition) is 4. The van der Waals surface area contributed by atoms with E-state index in [2.05, 4.69) is 5.32 Å². The van der Waals surface area contributed by atoms with Gasteiger partial charge in [-0.05, 0) is 37.1 Å². The zero-order valence-electron chi connectivity index (χ0n) is 16.3. The number of benzene rings is 2. The van der Waals surface area contributed by atoms with Gasteiger partial charge in [-0.1, -0.05) is 48.9 Å². The SMILES string of the molecule is CC[C@H](C(=O)N[C@H](C)c1ccccc1)N(c1ccc(OC)c(Cl)c1)S(C)(=O)=O. The first kappa shape index (κ1) is 22.0. The van der Waals surface area contributed by atoms with Gasteiger partial charge in [0.1, 0.15) is 11.8 Å². The Kier molecular flexibility index (Phi) is 7.32. The van der Waals surface area contributed by atoms with Gasteiger partial charge in [0.15, 0.2) is 0 Å². The number of rotatable bonds is 8. The first-order valence-electron chi connectivity index (χ1n) is 8.87. The van der Waals surface area contributed by atoms with E-state index in [4.69, 9.17) is 16.3 Å². The number of anilines is 1. The van der Waals surface area contributed by atoms with Crippen LogP contribution in [0.25, 0.3) is 0 Å². The topological polar surface area (TPSA) is 75.7 Å². The van der Waals surface area contributed by atoms with Crippen molar-refractivity contribution in [2.75, 3.05) is 17.7 Å². The Morgan fingerprint density at radius 1 is 1.21 bits per heavy atom. The third kappa shape index (κ3) is 5.17. The molecule has 0 saturated carbocycles. The van der Waals surface area contributed by atoms with Gasteiger partial charge >= 0.3 is 0 Å². The van der Waals surface area contributed by atoms with Crippen LogP contribution in [0.15, 0.2) is 48.5 Å². The van der Waals surface area contributed by atoms with E-state index in [9.17, 15) is 13.2 Å². The Bertz CT molecular complexity index is 919. The molecule has 0 aliphatic carbocycles. The number of sulfonamides is 1. The van der Waals surface area contributed by atoms with E-state index in [-0.39, 0.29) is 17.0 Å². The first-order valence-corrected chi connectivity index (χ1v) is 11.1. The molecule has 0 saturated heterocycles. The number of carbonyl (C=O) groups excluding carboxylic acids is 1. The zero-order valence-corrected chi connectivity index (χ0v) is 17.9. The highest BCUT2D eigenvalue weighted by Gasteiger charge is 2.32. The molecule has 0 heterocycles. The Morgan fingerprint density at radius 3 is 2.36 bits per heavy atom. The van der Waals surface area contributed by atoms with Crippen LogP contribution in [0.2, 0.25) is 5.02 Å². The van der Waals surface area contributed by atoms with Crippen molar-refractivity contribution < 1.29 is 17.9 Å². The van der Waals surface area contributed by atoms with E-state index < -0.39 is 16.1 Å². The quantitative estimate of drug-likeness (QED) is 0.699. The second-order valence-corrected chi connectivity index (χ2v) is 8.71. The van der Waals surface area contributed by atoms with Crippen molar-refractivity contribution in [3.63, 3.8) is 0 Å². The minimum Gasteiger partial charge on any atom is -0.495 e. The summed E-state index contributed by atoms with van der Waals surface area (Å²) in [4.78, 5) is 13.0. The molecule has 0 unspecified atom stereocenters. The van der Waals surface area contributed by atoms with Gasteiger partial charge in [-0.2, -0.15) is 0 Å². The number of halogens is 1. The van der Waals surface area contributed by atoms with Gasteiger partial charge in [0.2, 0.25) is 15.9 Å². The molecule has 1 amide bonds. The standard InChI is InChI=1S/C20H25ClN2O4S/c1-5-18(20(24)22-14(2)15-9-7-6-8-10-15)23(28(4,25)26)16-11-12-19(27-3)17(21)13-16/h6-14,18H,5H2,1-4H3,(H,22,24)/t14-,18-/m1/s1. The fraction of sp³-hybridized carbons (Fsp3) is 0.350. The molecule has 6 nitrogen and oxygen atoms in total. The van der Waals surface area contributed by atoms with E-state index in [1.165, 1.54) is 13.2 Å². The van der Waals surface area contributed by atoms with Crippen molar-refractivity contribution in [2.45, 2.75) is 32.4 Å². The third-order valence-electron chi connectivity index (χ3n) is 4.38. The molecule has 0 spiro atoms. The fourth-order valence-corrected chi connectivity index (χ4v) is 4.44. The lowest BCUT2D eigenvalue weighted by Gasteiger charge is -2.31. The lowest BCUT2D eigenvalue weighted by Crippen LogP contribution is -2.49. The summed E-state index contributed by atoms with van der Waals surface area (Å²) in [5.74, 6) is 0.0466. The number of carbonyl (C=O) groups is 1. The summed E-state index contributed by atoms with van der Waals surface area (Å²) in [7, 11) is -2.26. The van der Waals surface area contributed by atoms with Gasteiger partial charge in [-0.15, -0.1) is 0 Å². The van der Waals surface area contributed by atoms with Gasteiger partial charge in [-0.3, -0.25) is 9.10 Å². The monoisotopic (exact) mass is 424 g/mol. The average molecular weight is 425 g/mol. The number of nitrogens with zero attached hydrogens (tertiary/aromatic N) is 1. The first-order chi connectivity index (χ1) is 13.2. The molecule has 0 fully saturated rings. The summed E-state index contributed by atoms with van der Waals surface area (Å²) in [5.41, 5.74) is 1.24. The molecular formula is C20H25ClN2O4S.